The minimum absolute atomic E-state index is 0.110. The molecule has 1 aliphatic rings. The lowest BCUT2D eigenvalue weighted by atomic mass is 10.1. The Hall–Kier alpha value is -2.18. The van der Waals surface area contributed by atoms with E-state index in [9.17, 15) is 18.4 Å². The minimum atomic E-state index is -0.822. The SMILES string of the molecule is CCNc1c(F)cc(C(=O)NC2CNC(=O)C2)cc1F. The fourth-order valence-corrected chi connectivity index (χ4v) is 2.03. The van der Waals surface area contributed by atoms with Crippen molar-refractivity contribution < 1.29 is 18.4 Å². The highest BCUT2D eigenvalue weighted by atomic mass is 19.1. The number of hydrogen-bond acceptors (Lipinski definition) is 3. The number of hydrogen-bond donors (Lipinski definition) is 3. The molecule has 108 valence electrons. The van der Waals surface area contributed by atoms with Crippen LogP contribution in [0.25, 0.3) is 0 Å². The van der Waals surface area contributed by atoms with Gasteiger partial charge in [-0.15, -0.1) is 0 Å². The van der Waals surface area contributed by atoms with Gasteiger partial charge in [0.2, 0.25) is 5.91 Å². The van der Waals surface area contributed by atoms with E-state index in [0.717, 1.165) is 12.1 Å². The molecule has 1 unspecified atom stereocenters. The summed E-state index contributed by atoms with van der Waals surface area (Å²) in [4.78, 5) is 22.9. The van der Waals surface area contributed by atoms with E-state index in [-0.39, 0.29) is 29.6 Å². The number of carbonyl (C=O) groups excluding carboxylic acids is 2. The Balaban J connectivity index is 2.12. The Kier molecular flexibility index (Phi) is 4.16. The molecule has 1 aliphatic heterocycles. The number of carbonyl (C=O) groups is 2. The van der Waals surface area contributed by atoms with Crippen LogP contribution in [0, 0.1) is 11.6 Å². The van der Waals surface area contributed by atoms with Crippen LogP contribution in [0.3, 0.4) is 0 Å². The minimum Gasteiger partial charge on any atom is -0.381 e. The van der Waals surface area contributed by atoms with Gasteiger partial charge in [-0.25, -0.2) is 8.78 Å². The predicted molar refractivity (Wildman–Crippen MR) is 69.4 cm³/mol. The fourth-order valence-electron chi connectivity index (χ4n) is 2.03. The van der Waals surface area contributed by atoms with Crippen molar-refractivity contribution in [2.75, 3.05) is 18.4 Å². The normalized spacial score (nSPS) is 17.8. The van der Waals surface area contributed by atoms with Crippen molar-refractivity contribution in [3.63, 3.8) is 0 Å². The molecule has 5 nitrogen and oxygen atoms in total. The molecule has 2 amide bonds. The summed E-state index contributed by atoms with van der Waals surface area (Å²) in [5, 5.41) is 7.67. The quantitative estimate of drug-likeness (QED) is 0.772. The average Bonchev–Trinajstić information content (AvgIpc) is 2.79. The summed E-state index contributed by atoms with van der Waals surface area (Å²) in [5.74, 6) is -2.40. The molecule has 2 rings (SSSR count). The van der Waals surface area contributed by atoms with E-state index in [4.69, 9.17) is 0 Å². The third kappa shape index (κ3) is 3.04. The van der Waals surface area contributed by atoms with Crippen LogP contribution >= 0.6 is 0 Å². The molecule has 0 radical (unpaired) electrons. The fraction of sp³-hybridized carbons (Fsp3) is 0.385. The molecule has 7 heteroatoms. The lowest BCUT2D eigenvalue weighted by Gasteiger charge is -2.12. The Labute approximate surface area is 114 Å². The van der Waals surface area contributed by atoms with Gasteiger partial charge in [0.05, 0.1) is 6.04 Å². The molecule has 1 fully saturated rings. The molecular weight excluding hydrogens is 268 g/mol. The van der Waals surface area contributed by atoms with Crippen molar-refractivity contribution in [2.24, 2.45) is 0 Å². The highest BCUT2D eigenvalue weighted by molar-refractivity contribution is 5.95. The highest BCUT2D eigenvalue weighted by Crippen LogP contribution is 2.20. The second kappa shape index (κ2) is 5.85. The Morgan fingerprint density at radius 1 is 1.40 bits per heavy atom. The monoisotopic (exact) mass is 283 g/mol. The van der Waals surface area contributed by atoms with Gasteiger partial charge < -0.3 is 16.0 Å². The Morgan fingerprint density at radius 3 is 2.55 bits per heavy atom. The molecule has 1 atom stereocenters. The van der Waals surface area contributed by atoms with Crippen LogP contribution in [0.5, 0.6) is 0 Å². The molecule has 1 heterocycles. The van der Waals surface area contributed by atoms with E-state index in [2.05, 4.69) is 16.0 Å². The first-order chi connectivity index (χ1) is 9.51. The molecule has 0 aromatic heterocycles. The van der Waals surface area contributed by atoms with Gasteiger partial charge in [0.1, 0.15) is 17.3 Å². The highest BCUT2D eigenvalue weighted by Gasteiger charge is 2.24. The van der Waals surface area contributed by atoms with Crippen LogP contribution in [0.2, 0.25) is 0 Å². The number of rotatable bonds is 4. The van der Waals surface area contributed by atoms with Crippen LogP contribution < -0.4 is 16.0 Å². The van der Waals surface area contributed by atoms with Gasteiger partial charge in [-0.05, 0) is 19.1 Å². The number of benzene rings is 1. The molecule has 3 N–H and O–H groups in total. The second-order valence-electron chi connectivity index (χ2n) is 4.52. The van der Waals surface area contributed by atoms with E-state index in [0.29, 0.717) is 13.1 Å². The maximum Gasteiger partial charge on any atom is 0.251 e. The van der Waals surface area contributed by atoms with Crippen LogP contribution in [0.4, 0.5) is 14.5 Å². The van der Waals surface area contributed by atoms with E-state index in [1.807, 2.05) is 0 Å². The zero-order valence-corrected chi connectivity index (χ0v) is 10.9. The van der Waals surface area contributed by atoms with Crippen LogP contribution in [0.1, 0.15) is 23.7 Å². The standard InChI is InChI=1S/C13H15F2N3O2/c1-2-16-12-9(14)3-7(4-10(12)15)13(20)18-8-5-11(19)17-6-8/h3-4,8,16H,2,5-6H2,1H3,(H,17,19)(H,18,20). The topological polar surface area (TPSA) is 70.2 Å². The third-order valence-electron chi connectivity index (χ3n) is 2.97. The Morgan fingerprint density at radius 2 is 2.05 bits per heavy atom. The van der Waals surface area contributed by atoms with Crippen molar-refractivity contribution in [3.8, 4) is 0 Å². The van der Waals surface area contributed by atoms with Crippen LogP contribution in [0.15, 0.2) is 12.1 Å². The molecule has 0 aliphatic carbocycles. The molecule has 0 bridgehead atoms. The number of halogens is 2. The van der Waals surface area contributed by atoms with E-state index in [1.54, 1.807) is 6.92 Å². The van der Waals surface area contributed by atoms with Gasteiger partial charge >= 0.3 is 0 Å². The third-order valence-corrected chi connectivity index (χ3v) is 2.97. The maximum atomic E-state index is 13.7. The summed E-state index contributed by atoms with van der Waals surface area (Å²) in [6, 6.07) is 1.59. The summed E-state index contributed by atoms with van der Waals surface area (Å²) in [6.45, 7) is 2.41. The maximum absolute atomic E-state index is 13.7. The van der Waals surface area contributed by atoms with Crippen LogP contribution in [-0.2, 0) is 4.79 Å². The number of anilines is 1. The second-order valence-corrected chi connectivity index (χ2v) is 4.52. The van der Waals surface area contributed by atoms with Gasteiger partial charge in [-0.3, -0.25) is 9.59 Å². The van der Waals surface area contributed by atoms with Crippen molar-refractivity contribution in [3.05, 3.63) is 29.3 Å². The van der Waals surface area contributed by atoms with Crippen molar-refractivity contribution >= 4 is 17.5 Å². The van der Waals surface area contributed by atoms with Crippen LogP contribution in [-0.4, -0.2) is 30.9 Å². The van der Waals surface area contributed by atoms with Crippen molar-refractivity contribution in [1.82, 2.24) is 10.6 Å². The zero-order chi connectivity index (χ0) is 14.7. The summed E-state index contributed by atoms with van der Waals surface area (Å²) < 4.78 is 27.4. The van der Waals surface area contributed by atoms with Gasteiger partial charge in [0.15, 0.2) is 0 Å². The number of amides is 2. The van der Waals surface area contributed by atoms with E-state index in [1.165, 1.54) is 0 Å². The summed E-state index contributed by atoms with van der Waals surface area (Å²) >= 11 is 0. The lowest BCUT2D eigenvalue weighted by molar-refractivity contribution is -0.119. The summed E-state index contributed by atoms with van der Waals surface area (Å²) in [6.07, 6.45) is 0.173. The van der Waals surface area contributed by atoms with Gasteiger partial charge in [-0.1, -0.05) is 0 Å². The summed E-state index contributed by atoms with van der Waals surface area (Å²) in [5.41, 5.74) is -0.359. The van der Waals surface area contributed by atoms with Gasteiger partial charge in [0, 0.05) is 25.1 Å². The molecule has 0 spiro atoms. The first-order valence-electron chi connectivity index (χ1n) is 6.31. The van der Waals surface area contributed by atoms with E-state index >= 15 is 0 Å². The molecule has 0 saturated carbocycles. The molecular formula is C13H15F2N3O2. The average molecular weight is 283 g/mol. The number of nitrogens with one attached hydrogen (secondary N) is 3. The smallest absolute Gasteiger partial charge is 0.251 e. The molecule has 1 aromatic rings. The van der Waals surface area contributed by atoms with Crippen molar-refractivity contribution in [1.29, 1.82) is 0 Å². The van der Waals surface area contributed by atoms with E-state index < -0.39 is 17.5 Å². The lowest BCUT2D eigenvalue weighted by Crippen LogP contribution is -2.36. The first kappa shape index (κ1) is 14.2. The zero-order valence-electron chi connectivity index (χ0n) is 10.9. The summed E-state index contributed by atoms with van der Waals surface area (Å²) in [7, 11) is 0. The Bertz CT molecular complexity index is 525. The molecule has 1 aromatic carbocycles. The van der Waals surface area contributed by atoms with Gasteiger partial charge in [-0.2, -0.15) is 0 Å². The predicted octanol–water partition coefficient (Wildman–Crippen LogP) is 1.01. The first-order valence-corrected chi connectivity index (χ1v) is 6.31. The molecule has 1 saturated heterocycles. The molecule has 20 heavy (non-hydrogen) atoms. The largest absolute Gasteiger partial charge is 0.381 e. The van der Waals surface area contributed by atoms with Gasteiger partial charge in [0.25, 0.3) is 5.91 Å². The van der Waals surface area contributed by atoms with Crippen molar-refractivity contribution in [2.45, 2.75) is 19.4 Å².